The number of carbonyl (C=O) groups is 2. The van der Waals surface area contributed by atoms with Crippen LogP contribution in [-0.2, 0) is 26.2 Å². The van der Waals surface area contributed by atoms with Gasteiger partial charge in [-0.3, -0.25) is 13.9 Å². The number of nitrogens with zero attached hydrogens (tertiary/aromatic N) is 2. The monoisotopic (exact) mass is 555 g/mol. The Kier molecular flexibility index (Phi) is 9.94. The number of halogens is 1. The lowest BCUT2D eigenvalue weighted by Crippen LogP contribution is -2.53. The number of anilines is 1. The van der Waals surface area contributed by atoms with Crippen molar-refractivity contribution in [2.45, 2.75) is 57.6 Å². The molecule has 3 aromatic carbocycles. The number of nitrogens with one attached hydrogen (secondary N) is 1. The highest BCUT2D eigenvalue weighted by Crippen LogP contribution is 2.31. The number of hydrogen-bond donors (Lipinski definition) is 1. The third kappa shape index (κ3) is 6.94. The molecule has 0 aliphatic heterocycles. The van der Waals surface area contributed by atoms with Crippen molar-refractivity contribution < 1.29 is 18.0 Å². The van der Waals surface area contributed by atoms with Crippen molar-refractivity contribution in [2.24, 2.45) is 0 Å². The second-order valence-corrected chi connectivity index (χ2v) is 11.6. The quantitative estimate of drug-likeness (QED) is 0.353. The zero-order chi connectivity index (χ0) is 27.9. The summed E-state index contributed by atoms with van der Waals surface area (Å²) in [4.78, 5) is 28.6. The molecule has 0 saturated heterocycles. The predicted octanol–water partition coefficient (Wildman–Crippen LogP) is 5.18. The van der Waals surface area contributed by atoms with Crippen molar-refractivity contribution in [2.75, 3.05) is 10.8 Å². The first-order valence-corrected chi connectivity index (χ1v) is 14.3. The van der Waals surface area contributed by atoms with Crippen LogP contribution in [0.4, 0.5) is 5.69 Å². The van der Waals surface area contributed by atoms with Gasteiger partial charge >= 0.3 is 0 Å². The van der Waals surface area contributed by atoms with Crippen molar-refractivity contribution >= 4 is 39.1 Å². The van der Waals surface area contributed by atoms with Crippen LogP contribution >= 0.6 is 11.6 Å². The minimum absolute atomic E-state index is 0.0476. The van der Waals surface area contributed by atoms with E-state index >= 15 is 0 Å². The topological polar surface area (TPSA) is 86.8 Å². The van der Waals surface area contributed by atoms with Crippen LogP contribution in [0.3, 0.4) is 0 Å². The Labute approximate surface area is 230 Å². The van der Waals surface area contributed by atoms with Crippen LogP contribution in [0.15, 0.2) is 83.8 Å². The molecule has 0 saturated carbocycles. The van der Waals surface area contributed by atoms with Crippen LogP contribution in [0.5, 0.6) is 0 Å². The lowest BCUT2D eigenvalue weighted by Gasteiger charge is -2.34. The van der Waals surface area contributed by atoms with E-state index in [0.29, 0.717) is 22.7 Å². The van der Waals surface area contributed by atoms with Gasteiger partial charge in [0.1, 0.15) is 12.6 Å². The fraction of sp³-hybridized carbons (Fsp3) is 0.310. The average Bonchev–Trinajstić information content (AvgIpc) is 2.89. The third-order valence-electron chi connectivity index (χ3n) is 6.13. The SMILES string of the molecule is CC[C@H](C(=O)NC(C)C)N(Cc1ccccc1)C(=O)CN(c1cccc(Cl)c1C)S(=O)(=O)c1ccccc1. The zero-order valence-electron chi connectivity index (χ0n) is 22.1. The van der Waals surface area contributed by atoms with E-state index in [-0.39, 0.29) is 23.4 Å². The van der Waals surface area contributed by atoms with E-state index in [1.54, 1.807) is 43.3 Å². The minimum atomic E-state index is -4.14. The normalized spacial score (nSPS) is 12.2. The lowest BCUT2D eigenvalue weighted by atomic mass is 10.1. The molecule has 3 rings (SSSR count). The molecule has 0 aromatic heterocycles. The maximum Gasteiger partial charge on any atom is 0.264 e. The van der Waals surface area contributed by atoms with E-state index in [9.17, 15) is 18.0 Å². The number of carbonyl (C=O) groups excluding carboxylic acids is 2. The Morgan fingerprint density at radius 2 is 1.53 bits per heavy atom. The number of rotatable bonds is 11. The Morgan fingerprint density at radius 1 is 0.921 bits per heavy atom. The molecule has 0 fully saturated rings. The third-order valence-corrected chi connectivity index (χ3v) is 8.31. The fourth-order valence-electron chi connectivity index (χ4n) is 4.18. The summed E-state index contributed by atoms with van der Waals surface area (Å²) in [7, 11) is -4.14. The smallest absolute Gasteiger partial charge is 0.264 e. The summed E-state index contributed by atoms with van der Waals surface area (Å²) in [5.74, 6) is -0.790. The maximum absolute atomic E-state index is 14.0. The van der Waals surface area contributed by atoms with E-state index < -0.39 is 28.5 Å². The highest BCUT2D eigenvalue weighted by molar-refractivity contribution is 7.92. The van der Waals surface area contributed by atoms with Gasteiger partial charge in [0.05, 0.1) is 10.6 Å². The van der Waals surface area contributed by atoms with Crippen molar-refractivity contribution in [1.29, 1.82) is 0 Å². The van der Waals surface area contributed by atoms with Crippen LogP contribution in [0, 0.1) is 6.92 Å². The molecule has 7 nitrogen and oxygen atoms in total. The van der Waals surface area contributed by atoms with Crippen molar-refractivity contribution in [3.8, 4) is 0 Å². The molecule has 1 N–H and O–H groups in total. The molecule has 0 heterocycles. The summed E-state index contributed by atoms with van der Waals surface area (Å²) in [5.41, 5.74) is 1.66. The number of amides is 2. The second-order valence-electron chi connectivity index (χ2n) is 9.30. The van der Waals surface area contributed by atoms with Gasteiger partial charge in [0.15, 0.2) is 0 Å². The molecule has 0 bridgehead atoms. The maximum atomic E-state index is 14.0. The molecule has 38 heavy (non-hydrogen) atoms. The van der Waals surface area contributed by atoms with Gasteiger partial charge < -0.3 is 10.2 Å². The molecule has 9 heteroatoms. The molecular formula is C29H34ClN3O4S. The van der Waals surface area contributed by atoms with E-state index in [1.807, 2.05) is 51.1 Å². The predicted molar refractivity (Wildman–Crippen MR) is 152 cm³/mol. The van der Waals surface area contributed by atoms with Gasteiger partial charge in [0.2, 0.25) is 11.8 Å². The first-order valence-electron chi connectivity index (χ1n) is 12.5. The largest absolute Gasteiger partial charge is 0.352 e. The Bertz CT molecular complexity index is 1350. The molecular weight excluding hydrogens is 522 g/mol. The summed E-state index contributed by atoms with van der Waals surface area (Å²) in [6, 6.07) is 21.3. The molecule has 0 aliphatic carbocycles. The van der Waals surface area contributed by atoms with Gasteiger partial charge in [-0.2, -0.15) is 0 Å². The van der Waals surface area contributed by atoms with Crippen LogP contribution in [0.25, 0.3) is 0 Å². The van der Waals surface area contributed by atoms with Crippen molar-refractivity contribution in [1.82, 2.24) is 10.2 Å². The average molecular weight is 556 g/mol. The minimum Gasteiger partial charge on any atom is -0.352 e. The van der Waals surface area contributed by atoms with Gasteiger partial charge in [-0.1, -0.05) is 73.1 Å². The first kappa shape index (κ1) is 29.2. The van der Waals surface area contributed by atoms with Gasteiger partial charge in [-0.25, -0.2) is 8.42 Å². The van der Waals surface area contributed by atoms with Crippen LogP contribution in [-0.4, -0.2) is 43.8 Å². The number of hydrogen-bond acceptors (Lipinski definition) is 4. The van der Waals surface area contributed by atoms with Crippen LogP contribution < -0.4 is 9.62 Å². The van der Waals surface area contributed by atoms with E-state index in [2.05, 4.69) is 5.32 Å². The highest BCUT2D eigenvalue weighted by atomic mass is 35.5. The van der Waals surface area contributed by atoms with Gasteiger partial charge in [-0.15, -0.1) is 0 Å². The lowest BCUT2D eigenvalue weighted by molar-refractivity contribution is -0.140. The molecule has 0 spiro atoms. The Morgan fingerprint density at radius 3 is 2.11 bits per heavy atom. The van der Waals surface area contributed by atoms with Gasteiger partial charge in [-0.05, 0) is 62.6 Å². The standard InChI is InChI=1S/C29H34ClN3O4S/c1-5-26(29(35)31-21(2)3)32(19-23-13-8-6-9-14-23)28(34)20-33(27-18-12-17-25(30)22(27)4)38(36,37)24-15-10-7-11-16-24/h6-18,21,26H,5,19-20H2,1-4H3,(H,31,35)/t26-/m1/s1. The zero-order valence-corrected chi connectivity index (χ0v) is 23.7. The van der Waals surface area contributed by atoms with E-state index in [4.69, 9.17) is 11.6 Å². The second kappa shape index (κ2) is 12.9. The first-order chi connectivity index (χ1) is 18.1. The van der Waals surface area contributed by atoms with Crippen molar-refractivity contribution in [3.05, 3.63) is 95.0 Å². The summed E-state index contributed by atoms with van der Waals surface area (Å²) in [6.45, 7) is 6.89. The summed E-state index contributed by atoms with van der Waals surface area (Å²) >= 11 is 6.35. The van der Waals surface area contributed by atoms with E-state index in [0.717, 1.165) is 9.87 Å². The molecule has 1 atom stereocenters. The molecule has 202 valence electrons. The fourth-order valence-corrected chi connectivity index (χ4v) is 5.84. The number of sulfonamides is 1. The molecule has 0 aliphatic rings. The Hall–Kier alpha value is -3.36. The summed E-state index contributed by atoms with van der Waals surface area (Å²) in [6.07, 6.45) is 0.360. The highest BCUT2D eigenvalue weighted by Gasteiger charge is 2.34. The van der Waals surface area contributed by atoms with Crippen LogP contribution in [0.2, 0.25) is 5.02 Å². The van der Waals surface area contributed by atoms with Crippen LogP contribution in [0.1, 0.15) is 38.3 Å². The van der Waals surface area contributed by atoms with Gasteiger partial charge in [0.25, 0.3) is 10.0 Å². The van der Waals surface area contributed by atoms with E-state index in [1.165, 1.54) is 17.0 Å². The summed E-state index contributed by atoms with van der Waals surface area (Å²) in [5, 5.41) is 3.27. The molecule has 0 radical (unpaired) electrons. The Balaban J connectivity index is 2.08. The molecule has 0 unspecified atom stereocenters. The number of benzene rings is 3. The van der Waals surface area contributed by atoms with Gasteiger partial charge in [0, 0.05) is 17.6 Å². The van der Waals surface area contributed by atoms with Crippen molar-refractivity contribution in [3.63, 3.8) is 0 Å². The molecule has 2 amide bonds. The summed E-state index contributed by atoms with van der Waals surface area (Å²) < 4.78 is 28.8. The molecule has 3 aromatic rings.